The lowest BCUT2D eigenvalue weighted by Gasteiger charge is -2.19. The van der Waals surface area contributed by atoms with Crippen LogP contribution < -0.4 is 25.0 Å². The molecule has 4 amide bonds. The molecule has 0 atom stereocenters. The highest BCUT2D eigenvalue weighted by Gasteiger charge is 2.38. The van der Waals surface area contributed by atoms with Gasteiger partial charge in [-0.2, -0.15) is 0 Å². The Bertz CT molecular complexity index is 1330. The van der Waals surface area contributed by atoms with Crippen LogP contribution in [0.15, 0.2) is 60.7 Å². The average Bonchev–Trinajstić information content (AvgIpc) is 3.03. The normalized spacial score (nSPS) is 12.3. The third kappa shape index (κ3) is 4.44. The van der Waals surface area contributed by atoms with Gasteiger partial charge in [-0.05, 0) is 42.5 Å². The number of imide groups is 1. The van der Waals surface area contributed by atoms with Crippen molar-refractivity contribution in [2.45, 2.75) is 13.8 Å². The summed E-state index contributed by atoms with van der Waals surface area (Å²) >= 11 is 0. The molecule has 9 nitrogen and oxygen atoms in total. The molecule has 0 spiro atoms. The average molecular weight is 459 g/mol. The Kier molecular flexibility index (Phi) is 6.01. The summed E-state index contributed by atoms with van der Waals surface area (Å²) in [6.07, 6.45) is 0. The van der Waals surface area contributed by atoms with E-state index in [9.17, 15) is 19.2 Å². The van der Waals surface area contributed by atoms with Gasteiger partial charge in [0.15, 0.2) is 0 Å². The van der Waals surface area contributed by atoms with Crippen LogP contribution >= 0.6 is 0 Å². The summed E-state index contributed by atoms with van der Waals surface area (Å²) in [6.45, 7) is 2.73. The monoisotopic (exact) mass is 459 g/mol. The number of methoxy groups -OCH3 is 1. The van der Waals surface area contributed by atoms with Crippen LogP contribution in [0.1, 0.15) is 34.6 Å². The number of rotatable bonds is 6. The van der Waals surface area contributed by atoms with E-state index < -0.39 is 11.8 Å². The molecule has 0 radical (unpaired) electrons. The molecule has 34 heavy (non-hydrogen) atoms. The number of nitrogens with zero attached hydrogens (tertiary/aromatic N) is 1. The fourth-order valence-corrected chi connectivity index (χ4v) is 3.61. The lowest BCUT2D eigenvalue weighted by atomic mass is 10.1. The number of ether oxygens (including phenoxy) is 2. The van der Waals surface area contributed by atoms with E-state index in [1.54, 1.807) is 36.4 Å². The Morgan fingerprint density at radius 3 is 2.15 bits per heavy atom. The van der Waals surface area contributed by atoms with Crippen molar-refractivity contribution >= 4 is 40.7 Å². The van der Waals surface area contributed by atoms with Crippen LogP contribution in [0, 0.1) is 0 Å². The quantitative estimate of drug-likeness (QED) is 0.534. The Balaban J connectivity index is 1.65. The molecular formula is C25H21N3O6. The van der Waals surface area contributed by atoms with Gasteiger partial charge in [-0.15, -0.1) is 0 Å². The van der Waals surface area contributed by atoms with Gasteiger partial charge in [0.25, 0.3) is 11.8 Å². The van der Waals surface area contributed by atoms with Gasteiger partial charge in [0.05, 0.1) is 29.6 Å². The molecule has 2 N–H and O–H groups in total. The van der Waals surface area contributed by atoms with Crippen molar-refractivity contribution in [3.63, 3.8) is 0 Å². The zero-order valence-electron chi connectivity index (χ0n) is 18.7. The molecule has 3 aromatic rings. The predicted octanol–water partition coefficient (Wildman–Crippen LogP) is 4.20. The Hall–Kier alpha value is -4.66. The van der Waals surface area contributed by atoms with E-state index in [4.69, 9.17) is 9.47 Å². The number of benzene rings is 3. The fraction of sp³-hybridized carbons (Fsp3) is 0.120. The first-order chi connectivity index (χ1) is 16.3. The summed E-state index contributed by atoms with van der Waals surface area (Å²) in [4.78, 5) is 50.3. The largest absolute Gasteiger partial charge is 0.497 e. The van der Waals surface area contributed by atoms with E-state index >= 15 is 0 Å². The van der Waals surface area contributed by atoms with Crippen molar-refractivity contribution in [1.29, 1.82) is 0 Å². The zero-order chi connectivity index (χ0) is 24.4. The summed E-state index contributed by atoms with van der Waals surface area (Å²) in [5, 5.41) is 5.31. The van der Waals surface area contributed by atoms with E-state index in [-0.39, 0.29) is 34.3 Å². The first-order valence-corrected chi connectivity index (χ1v) is 10.3. The summed E-state index contributed by atoms with van der Waals surface area (Å²) in [7, 11) is 1.47. The minimum absolute atomic E-state index is 0.171. The second-order valence-corrected chi connectivity index (χ2v) is 7.53. The SMILES string of the molecule is COc1ccc(N2C(=O)c3ccc(Oc4cccc(NC(C)=O)c4)cc3C2=O)c(NC(C)=O)c1. The maximum Gasteiger partial charge on any atom is 0.266 e. The van der Waals surface area contributed by atoms with Gasteiger partial charge in [0, 0.05) is 31.7 Å². The van der Waals surface area contributed by atoms with E-state index in [1.165, 1.54) is 45.2 Å². The molecule has 0 aromatic heterocycles. The van der Waals surface area contributed by atoms with E-state index in [1.807, 2.05) is 0 Å². The van der Waals surface area contributed by atoms with Crippen molar-refractivity contribution in [1.82, 2.24) is 0 Å². The van der Waals surface area contributed by atoms with Crippen molar-refractivity contribution in [3.8, 4) is 17.2 Å². The molecule has 0 saturated heterocycles. The lowest BCUT2D eigenvalue weighted by molar-refractivity contribution is -0.115. The summed E-state index contributed by atoms with van der Waals surface area (Å²) < 4.78 is 11.0. The van der Waals surface area contributed by atoms with E-state index in [2.05, 4.69) is 10.6 Å². The van der Waals surface area contributed by atoms with Gasteiger partial charge in [-0.1, -0.05) is 6.07 Å². The minimum atomic E-state index is -0.547. The summed E-state index contributed by atoms with van der Waals surface area (Å²) in [5.74, 6) is -0.382. The molecular weight excluding hydrogens is 438 g/mol. The van der Waals surface area contributed by atoms with E-state index in [0.29, 0.717) is 22.9 Å². The molecule has 1 aliphatic rings. The highest BCUT2D eigenvalue weighted by molar-refractivity contribution is 6.35. The summed E-state index contributed by atoms with van der Waals surface area (Å²) in [6, 6.07) is 16.1. The van der Waals surface area contributed by atoms with Gasteiger partial charge in [-0.3, -0.25) is 19.2 Å². The van der Waals surface area contributed by atoms with Crippen molar-refractivity contribution in [3.05, 3.63) is 71.8 Å². The van der Waals surface area contributed by atoms with Crippen LogP contribution in [0.2, 0.25) is 0 Å². The molecule has 9 heteroatoms. The molecule has 0 aliphatic carbocycles. The van der Waals surface area contributed by atoms with E-state index in [0.717, 1.165) is 4.90 Å². The number of hydrogen-bond acceptors (Lipinski definition) is 6. The molecule has 0 bridgehead atoms. The smallest absolute Gasteiger partial charge is 0.266 e. The van der Waals surface area contributed by atoms with Crippen LogP contribution in [0.4, 0.5) is 17.1 Å². The van der Waals surface area contributed by atoms with Crippen molar-refractivity contribution in [2.24, 2.45) is 0 Å². The first-order valence-electron chi connectivity index (χ1n) is 10.3. The predicted molar refractivity (Wildman–Crippen MR) is 126 cm³/mol. The molecule has 1 heterocycles. The highest BCUT2D eigenvalue weighted by Crippen LogP contribution is 2.37. The number of carbonyl (C=O) groups is 4. The number of amides is 4. The molecule has 3 aromatic carbocycles. The number of fused-ring (bicyclic) bond motifs is 1. The Morgan fingerprint density at radius 1 is 0.765 bits per heavy atom. The molecule has 0 saturated carbocycles. The molecule has 4 rings (SSSR count). The Morgan fingerprint density at radius 2 is 1.44 bits per heavy atom. The summed E-state index contributed by atoms with van der Waals surface area (Å²) in [5.41, 5.74) is 1.45. The molecule has 172 valence electrons. The maximum atomic E-state index is 13.2. The van der Waals surface area contributed by atoms with Crippen LogP contribution in [0.3, 0.4) is 0 Å². The number of nitrogens with one attached hydrogen (secondary N) is 2. The van der Waals surface area contributed by atoms with Crippen molar-refractivity contribution in [2.75, 3.05) is 22.6 Å². The van der Waals surface area contributed by atoms with Crippen LogP contribution in [0.5, 0.6) is 17.2 Å². The van der Waals surface area contributed by atoms with Crippen LogP contribution in [-0.4, -0.2) is 30.7 Å². The first kappa shape index (κ1) is 22.5. The van der Waals surface area contributed by atoms with Gasteiger partial charge in [0.2, 0.25) is 11.8 Å². The lowest BCUT2D eigenvalue weighted by Crippen LogP contribution is -2.30. The molecule has 0 unspecified atom stereocenters. The fourth-order valence-electron chi connectivity index (χ4n) is 3.61. The van der Waals surface area contributed by atoms with Gasteiger partial charge in [-0.25, -0.2) is 4.90 Å². The van der Waals surface area contributed by atoms with Gasteiger partial charge in [0.1, 0.15) is 17.2 Å². The molecule has 1 aliphatic heterocycles. The zero-order valence-corrected chi connectivity index (χ0v) is 18.7. The Labute approximate surface area is 195 Å². The van der Waals surface area contributed by atoms with Gasteiger partial charge < -0.3 is 20.1 Å². The molecule has 0 fully saturated rings. The second-order valence-electron chi connectivity index (χ2n) is 7.53. The van der Waals surface area contributed by atoms with Crippen LogP contribution in [0.25, 0.3) is 0 Å². The topological polar surface area (TPSA) is 114 Å². The number of anilines is 3. The number of hydrogen-bond donors (Lipinski definition) is 2. The third-order valence-electron chi connectivity index (χ3n) is 5.00. The number of carbonyl (C=O) groups excluding carboxylic acids is 4. The van der Waals surface area contributed by atoms with Crippen molar-refractivity contribution < 1.29 is 28.7 Å². The maximum absolute atomic E-state index is 13.2. The standard InChI is InChI=1S/C25H21N3O6/c1-14(29)26-16-5-4-6-18(11-16)34-19-7-9-20-21(12-19)25(32)28(24(20)31)23-10-8-17(33-3)13-22(23)27-15(2)30/h4-13H,1-3H3,(H,26,29)(H,27,30). The minimum Gasteiger partial charge on any atom is -0.497 e. The van der Waals surface area contributed by atoms with Crippen LogP contribution in [-0.2, 0) is 9.59 Å². The highest BCUT2D eigenvalue weighted by atomic mass is 16.5. The second kappa shape index (κ2) is 9.07. The third-order valence-corrected chi connectivity index (χ3v) is 5.00. The van der Waals surface area contributed by atoms with Gasteiger partial charge >= 0.3 is 0 Å².